The van der Waals surface area contributed by atoms with Gasteiger partial charge in [0.15, 0.2) is 5.41 Å². The molecule has 1 saturated carbocycles. The first-order chi connectivity index (χ1) is 11.0. The zero-order valence-electron chi connectivity index (χ0n) is 13.3. The lowest BCUT2D eigenvalue weighted by atomic mass is 9.81. The van der Waals surface area contributed by atoms with Gasteiger partial charge in [0.25, 0.3) is 0 Å². The van der Waals surface area contributed by atoms with Gasteiger partial charge in [0.05, 0.1) is 6.61 Å². The van der Waals surface area contributed by atoms with Crippen LogP contribution < -0.4 is 5.32 Å². The molecule has 0 radical (unpaired) electrons. The number of amides is 1. The van der Waals surface area contributed by atoms with Crippen molar-refractivity contribution < 1.29 is 14.3 Å². The highest BCUT2D eigenvalue weighted by Gasteiger charge is 2.79. The van der Waals surface area contributed by atoms with Crippen molar-refractivity contribution in [1.82, 2.24) is 0 Å². The van der Waals surface area contributed by atoms with Crippen LogP contribution in [0.15, 0.2) is 30.4 Å². The van der Waals surface area contributed by atoms with Crippen molar-refractivity contribution in [1.29, 1.82) is 0 Å². The number of anilines is 1. The molecule has 1 fully saturated rings. The van der Waals surface area contributed by atoms with E-state index in [0.29, 0.717) is 11.4 Å². The summed E-state index contributed by atoms with van der Waals surface area (Å²) in [6, 6.07) is 5.37. The van der Waals surface area contributed by atoms with Gasteiger partial charge >= 0.3 is 5.97 Å². The maximum Gasteiger partial charge on any atom is 0.322 e. The minimum atomic E-state index is -1.16. The summed E-state index contributed by atoms with van der Waals surface area (Å²) in [7, 11) is 0. The van der Waals surface area contributed by atoms with Crippen LogP contribution in [-0.4, -0.2) is 18.5 Å². The van der Waals surface area contributed by atoms with Gasteiger partial charge in [0, 0.05) is 16.1 Å². The molecular weight excluding hydrogens is 314 g/mol. The number of carbonyl (C=O) groups excluding carboxylic acids is 2. The first kappa shape index (κ1) is 16.1. The molecule has 2 unspecified atom stereocenters. The third kappa shape index (κ3) is 2.19. The molecule has 4 nitrogen and oxygen atoms in total. The van der Waals surface area contributed by atoms with Gasteiger partial charge in [0.1, 0.15) is 0 Å². The fourth-order valence-corrected chi connectivity index (χ4v) is 3.72. The average molecular weight is 334 g/mol. The van der Waals surface area contributed by atoms with E-state index < -0.39 is 16.8 Å². The van der Waals surface area contributed by atoms with Crippen molar-refractivity contribution in [2.45, 2.75) is 38.5 Å². The van der Waals surface area contributed by atoms with Crippen LogP contribution in [0, 0.1) is 5.41 Å². The topological polar surface area (TPSA) is 55.4 Å². The average Bonchev–Trinajstić information content (AvgIpc) is 3.22. The molecule has 1 aromatic carbocycles. The molecule has 0 spiro atoms. The molecule has 0 saturated heterocycles. The molecule has 2 atom stereocenters. The van der Waals surface area contributed by atoms with E-state index in [-0.39, 0.29) is 12.5 Å². The number of carbonyl (C=O) groups is 2. The number of benzene rings is 1. The molecule has 3 rings (SSSR count). The molecule has 1 aliphatic carbocycles. The van der Waals surface area contributed by atoms with E-state index in [1.807, 2.05) is 18.2 Å². The lowest BCUT2D eigenvalue weighted by Crippen LogP contribution is -2.42. The smallest absolute Gasteiger partial charge is 0.322 e. The molecule has 2 aliphatic rings. The molecule has 1 heterocycles. The van der Waals surface area contributed by atoms with Crippen LogP contribution in [0.5, 0.6) is 0 Å². The highest BCUT2D eigenvalue weighted by molar-refractivity contribution is 6.31. The molecule has 1 amide bonds. The Morgan fingerprint density at radius 1 is 1.43 bits per heavy atom. The van der Waals surface area contributed by atoms with Crippen molar-refractivity contribution in [2.75, 3.05) is 11.9 Å². The molecule has 0 bridgehead atoms. The predicted molar refractivity (Wildman–Crippen MR) is 89.5 cm³/mol. The van der Waals surface area contributed by atoms with Crippen LogP contribution in [0.25, 0.3) is 0 Å². The first-order valence-corrected chi connectivity index (χ1v) is 8.36. The van der Waals surface area contributed by atoms with Gasteiger partial charge in [-0.15, -0.1) is 0 Å². The fourth-order valence-electron chi connectivity index (χ4n) is 3.55. The molecule has 1 aromatic rings. The number of nitrogens with one attached hydrogen (secondary N) is 1. The lowest BCUT2D eigenvalue weighted by Gasteiger charge is -2.29. The van der Waals surface area contributed by atoms with Gasteiger partial charge in [0.2, 0.25) is 5.91 Å². The highest BCUT2D eigenvalue weighted by Crippen LogP contribution is 2.70. The molecular formula is C18H20ClNO3. The van der Waals surface area contributed by atoms with Gasteiger partial charge in [-0.1, -0.05) is 37.1 Å². The zero-order chi connectivity index (χ0) is 16.7. The molecule has 1 N–H and O–H groups in total. The summed E-state index contributed by atoms with van der Waals surface area (Å²) in [4.78, 5) is 25.2. The van der Waals surface area contributed by atoms with Crippen molar-refractivity contribution in [3.8, 4) is 0 Å². The van der Waals surface area contributed by atoms with Crippen molar-refractivity contribution in [3.63, 3.8) is 0 Å². The Kier molecular flexibility index (Phi) is 3.96. The van der Waals surface area contributed by atoms with E-state index in [1.165, 1.54) is 0 Å². The van der Waals surface area contributed by atoms with Crippen LogP contribution in [-0.2, 0) is 19.7 Å². The van der Waals surface area contributed by atoms with Gasteiger partial charge < -0.3 is 10.1 Å². The highest BCUT2D eigenvalue weighted by atomic mass is 35.5. The van der Waals surface area contributed by atoms with E-state index >= 15 is 0 Å². The minimum Gasteiger partial charge on any atom is -0.465 e. The maximum atomic E-state index is 12.7. The Labute approximate surface area is 140 Å². The SMILES string of the molecule is CCC/C=C/C12CC1(C(=O)OCC)C(=O)Nc1ccc(Cl)cc12. The summed E-state index contributed by atoms with van der Waals surface area (Å²) in [5.41, 5.74) is -0.190. The van der Waals surface area contributed by atoms with E-state index in [4.69, 9.17) is 16.3 Å². The van der Waals surface area contributed by atoms with E-state index in [9.17, 15) is 9.59 Å². The number of hydrogen-bond donors (Lipinski definition) is 1. The number of ether oxygens (including phenoxy) is 1. The first-order valence-electron chi connectivity index (χ1n) is 7.98. The van der Waals surface area contributed by atoms with E-state index in [1.54, 1.807) is 19.1 Å². The number of rotatable bonds is 5. The van der Waals surface area contributed by atoms with E-state index in [0.717, 1.165) is 24.1 Å². The van der Waals surface area contributed by atoms with Crippen LogP contribution in [0.4, 0.5) is 5.69 Å². The number of hydrogen-bond acceptors (Lipinski definition) is 3. The van der Waals surface area contributed by atoms with Crippen LogP contribution >= 0.6 is 11.6 Å². The standard InChI is InChI=1S/C18H20ClNO3/c1-3-5-6-9-17-11-18(17,16(22)23-4-2)15(21)20-14-8-7-12(19)10-13(14)17/h6-10H,3-5,11H2,1-2H3,(H,20,21)/b9-6+. The molecule has 1 aliphatic heterocycles. The van der Waals surface area contributed by atoms with Crippen molar-refractivity contribution >= 4 is 29.2 Å². The second-order valence-corrected chi connectivity index (χ2v) is 6.55. The maximum absolute atomic E-state index is 12.7. The van der Waals surface area contributed by atoms with Gasteiger partial charge in [-0.05, 0) is 43.5 Å². The van der Waals surface area contributed by atoms with Crippen molar-refractivity contribution in [2.24, 2.45) is 5.41 Å². The molecule has 5 heteroatoms. The summed E-state index contributed by atoms with van der Waals surface area (Å²) in [5, 5.41) is 3.43. The molecule has 122 valence electrons. The molecule has 23 heavy (non-hydrogen) atoms. The number of halogens is 1. The van der Waals surface area contributed by atoms with E-state index in [2.05, 4.69) is 12.2 Å². The monoisotopic (exact) mass is 333 g/mol. The summed E-state index contributed by atoms with van der Waals surface area (Å²) >= 11 is 6.15. The summed E-state index contributed by atoms with van der Waals surface area (Å²) < 4.78 is 5.21. The largest absolute Gasteiger partial charge is 0.465 e. The van der Waals surface area contributed by atoms with Gasteiger partial charge in [-0.2, -0.15) is 0 Å². The number of unbranched alkanes of at least 4 members (excludes halogenated alkanes) is 1. The van der Waals surface area contributed by atoms with Crippen LogP contribution in [0.2, 0.25) is 5.02 Å². The Morgan fingerprint density at radius 3 is 2.91 bits per heavy atom. The number of allylic oxidation sites excluding steroid dienone is 2. The molecule has 0 aromatic heterocycles. The zero-order valence-corrected chi connectivity index (χ0v) is 14.1. The Balaban J connectivity index is 2.12. The summed E-state index contributed by atoms with van der Waals surface area (Å²) in [6.07, 6.45) is 6.38. The quantitative estimate of drug-likeness (QED) is 0.506. The van der Waals surface area contributed by atoms with Crippen molar-refractivity contribution in [3.05, 3.63) is 40.9 Å². The number of esters is 1. The van der Waals surface area contributed by atoms with Crippen LogP contribution in [0.1, 0.15) is 38.7 Å². The Bertz CT molecular complexity index is 700. The summed E-state index contributed by atoms with van der Waals surface area (Å²) in [6.45, 7) is 4.09. The van der Waals surface area contributed by atoms with Gasteiger partial charge in [-0.3, -0.25) is 9.59 Å². The second-order valence-electron chi connectivity index (χ2n) is 6.11. The lowest BCUT2D eigenvalue weighted by molar-refractivity contribution is -0.153. The van der Waals surface area contributed by atoms with Gasteiger partial charge in [-0.25, -0.2) is 0 Å². The second kappa shape index (κ2) is 5.68. The number of fused-ring (bicyclic) bond motifs is 3. The fraction of sp³-hybridized carbons (Fsp3) is 0.444. The third-order valence-corrected chi connectivity index (χ3v) is 5.00. The normalized spacial score (nSPS) is 28.0. The predicted octanol–water partition coefficient (Wildman–Crippen LogP) is 3.84. The van der Waals surface area contributed by atoms with Crippen LogP contribution in [0.3, 0.4) is 0 Å². The third-order valence-electron chi connectivity index (χ3n) is 4.76. The minimum absolute atomic E-state index is 0.255. The Hall–Kier alpha value is -1.81. The Morgan fingerprint density at radius 2 is 2.22 bits per heavy atom. The summed E-state index contributed by atoms with van der Waals surface area (Å²) in [5.74, 6) is -0.740.